The zero-order valence-electron chi connectivity index (χ0n) is 6.91. The summed E-state index contributed by atoms with van der Waals surface area (Å²) in [4.78, 5) is 15.4. The van der Waals surface area contributed by atoms with E-state index in [1.165, 1.54) is 8.59 Å². The second-order valence-corrected chi connectivity index (χ2v) is 5.43. The van der Waals surface area contributed by atoms with E-state index in [9.17, 15) is 4.79 Å². The van der Waals surface area contributed by atoms with E-state index in [4.69, 9.17) is 0 Å². The third kappa shape index (κ3) is 2.52. The van der Waals surface area contributed by atoms with Gasteiger partial charge in [-0.05, 0) is 0 Å². The Kier molecular flexibility index (Phi) is 4.15. The van der Waals surface area contributed by atoms with Crippen LogP contribution in [0.3, 0.4) is 0 Å². The van der Waals surface area contributed by atoms with Crippen molar-refractivity contribution < 1.29 is 4.79 Å². The van der Waals surface area contributed by atoms with Crippen molar-refractivity contribution >= 4 is 36.6 Å². The van der Waals surface area contributed by atoms with Gasteiger partial charge in [0, 0.05) is 0 Å². The molecule has 0 bridgehead atoms. The Morgan fingerprint density at radius 1 is 1.67 bits per heavy atom. The summed E-state index contributed by atoms with van der Waals surface area (Å²) in [5.41, 5.74) is 1.59. The predicted molar refractivity (Wildman–Crippen MR) is 52.7 cm³/mol. The van der Waals surface area contributed by atoms with E-state index in [1.54, 1.807) is 6.07 Å². The molecule has 1 aromatic heterocycles. The maximum atomic E-state index is 11.2. The summed E-state index contributed by atoms with van der Waals surface area (Å²) >= 11 is 0.625. The van der Waals surface area contributed by atoms with Gasteiger partial charge in [0.25, 0.3) is 0 Å². The first kappa shape index (κ1) is 10.1. The number of aromatic nitrogens is 1. The molecule has 0 saturated carbocycles. The molecule has 2 nitrogen and oxygen atoms in total. The number of pyridine rings is 1. The van der Waals surface area contributed by atoms with Crippen LogP contribution in [0.4, 0.5) is 0 Å². The number of rotatable bonds is 2. The van der Waals surface area contributed by atoms with Crippen LogP contribution < -0.4 is 0 Å². The Labute approximate surface area is 89.0 Å². The molecule has 0 aliphatic carbocycles. The van der Waals surface area contributed by atoms with Crippen molar-refractivity contribution in [2.45, 2.75) is 13.3 Å². The Hall–Kier alpha value is 0.0401. The first-order valence-corrected chi connectivity index (χ1v) is 9.63. The van der Waals surface area contributed by atoms with Gasteiger partial charge in [0.1, 0.15) is 0 Å². The average molecular weight is 282 g/mol. The van der Waals surface area contributed by atoms with Crippen LogP contribution in [0.1, 0.15) is 23.1 Å². The van der Waals surface area contributed by atoms with Crippen LogP contribution in [0.15, 0.2) is 18.2 Å². The van der Waals surface area contributed by atoms with Crippen LogP contribution in [0.5, 0.6) is 0 Å². The minimum atomic E-state index is 0.108. The fraction of sp³-hybridized carbons (Fsp3) is 0.250. The summed E-state index contributed by atoms with van der Waals surface area (Å²) in [6.45, 7) is 2.03. The number of hydrogen-bond acceptors (Lipinski definition) is 3. The van der Waals surface area contributed by atoms with Gasteiger partial charge in [-0.1, -0.05) is 0 Å². The molecule has 0 aliphatic heterocycles. The quantitative estimate of drug-likeness (QED) is 0.819. The molecule has 0 aromatic carbocycles. The van der Waals surface area contributed by atoms with Gasteiger partial charge in [-0.3, -0.25) is 0 Å². The van der Waals surface area contributed by atoms with Crippen molar-refractivity contribution in [2.75, 3.05) is 0 Å². The Morgan fingerprint density at radius 2 is 2.42 bits per heavy atom. The molecule has 0 aliphatic rings. The molecule has 0 saturated heterocycles. The van der Waals surface area contributed by atoms with E-state index in [1.807, 2.05) is 19.1 Å². The molecule has 61 valence electrons. The Bertz CT molecular complexity index is 290. The molecular weight excluding hydrogens is 273 g/mol. The van der Waals surface area contributed by atoms with E-state index in [0.29, 0.717) is 28.6 Å². The summed E-state index contributed by atoms with van der Waals surface area (Å²) in [5.74, 6) is 0. The monoisotopic (exact) mass is 282 g/mol. The summed E-state index contributed by atoms with van der Waals surface area (Å²) in [6.07, 6.45) is 0.884. The van der Waals surface area contributed by atoms with Crippen molar-refractivity contribution in [1.82, 2.24) is 4.98 Å². The second-order valence-electron chi connectivity index (χ2n) is 2.30. The Balaban J connectivity index is 2.93. The molecular formula is C8H9InNOS. The normalized spacial score (nSPS) is 9.75. The predicted octanol–water partition coefficient (Wildman–Crippen LogP) is 1.33. The third-order valence-corrected chi connectivity index (χ3v) is 4.23. The van der Waals surface area contributed by atoms with Gasteiger partial charge in [0.15, 0.2) is 0 Å². The van der Waals surface area contributed by atoms with E-state index >= 15 is 0 Å². The number of aryl methyl sites for hydroxylation is 1. The Morgan fingerprint density at radius 3 is 3.00 bits per heavy atom. The van der Waals surface area contributed by atoms with Crippen molar-refractivity contribution in [1.29, 1.82) is 0 Å². The molecule has 0 atom stereocenters. The van der Waals surface area contributed by atoms with Crippen LogP contribution in [-0.2, 0) is 6.42 Å². The first-order valence-electron chi connectivity index (χ1n) is 3.70. The SMILES string of the molecule is CCc1cccc(C(=O)[S][InH])n1. The van der Waals surface area contributed by atoms with Crippen molar-refractivity contribution in [2.24, 2.45) is 0 Å². The fourth-order valence-corrected chi connectivity index (χ4v) is 2.39. The topological polar surface area (TPSA) is 30.0 Å². The molecule has 12 heavy (non-hydrogen) atoms. The molecule has 0 fully saturated rings. The number of carbonyl (C=O) groups excluding carboxylic acids is 1. The third-order valence-electron chi connectivity index (χ3n) is 1.51. The van der Waals surface area contributed by atoms with Gasteiger partial charge in [0.05, 0.1) is 0 Å². The number of carbonyl (C=O) groups is 1. The van der Waals surface area contributed by atoms with Gasteiger partial charge in [-0.25, -0.2) is 0 Å². The van der Waals surface area contributed by atoms with Crippen LogP contribution in [-0.4, -0.2) is 33.0 Å². The summed E-state index contributed by atoms with van der Waals surface area (Å²) in [7, 11) is 1.37. The van der Waals surface area contributed by atoms with Crippen molar-refractivity contribution in [3.05, 3.63) is 29.6 Å². The van der Waals surface area contributed by atoms with E-state index in [-0.39, 0.29) is 5.12 Å². The van der Waals surface area contributed by atoms with Crippen LogP contribution in [0.2, 0.25) is 0 Å². The van der Waals surface area contributed by atoms with Gasteiger partial charge < -0.3 is 0 Å². The number of hydrogen-bond donors (Lipinski definition) is 0. The molecule has 0 spiro atoms. The van der Waals surface area contributed by atoms with Gasteiger partial charge >= 0.3 is 89.3 Å². The summed E-state index contributed by atoms with van der Waals surface area (Å²) in [5, 5.41) is 0.108. The zero-order valence-corrected chi connectivity index (χ0v) is 11.8. The molecule has 1 radical (unpaired) electrons. The average Bonchev–Trinajstić information content (AvgIpc) is 2.17. The van der Waals surface area contributed by atoms with Gasteiger partial charge in [-0.2, -0.15) is 0 Å². The fourth-order valence-electron chi connectivity index (χ4n) is 0.864. The molecule has 0 N–H and O–H groups in total. The van der Waals surface area contributed by atoms with E-state index in [2.05, 4.69) is 4.98 Å². The van der Waals surface area contributed by atoms with Crippen LogP contribution in [0, 0.1) is 0 Å². The van der Waals surface area contributed by atoms with Crippen molar-refractivity contribution in [3.8, 4) is 0 Å². The number of nitrogens with zero attached hydrogens (tertiary/aromatic N) is 1. The second kappa shape index (κ2) is 4.92. The standard InChI is InChI=1S/C8H9NOS.In.H/c1-2-6-4-3-5-7(9-6)8(10)11;;/h3-5H,2H2,1H3,(H,10,11);;/q;+1;/p-1. The summed E-state index contributed by atoms with van der Waals surface area (Å²) < 4.78 is 0. The molecule has 0 unspecified atom stereocenters. The molecule has 1 aromatic rings. The maximum absolute atomic E-state index is 11.2. The molecule has 0 amide bonds. The zero-order chi connectivity index (χ0) is 8.97. The molecule has 4 heteroatoms. The van der Waals surface area contributed by atoms with Gasteiger partial charge in [0.2, 0.25) is 0 Å². The minimum absolute atomic E-state index is 0.108. The van der Waals surface area contributed by atoms with E-state index in [0.717, 1.165) is 12.1 Å². The van der Waals surface area contributed by atoms with Gasteiger partial charge in [-0.15, -0.1) is 0 Å². The van der Waals surface area contributed by atoms with Crippen LogP contribution in [0.25, 0.3) is 0 Å². The molecule has 1 heterocycles. The van der Waals surface area contributed by atoms with Crippen LogP contribution >= 0.6 is 8.59 Å². The first-order chi connectivity index (χ1) is 5.77. The van der Waals surface area contributed by atoms with Crippen molar-refractivity contribution in [3.63, 3.8) is 0 Å². The molecule has 1 rings (SSSR count). The summed E-state index contributed by atoms with van der Waals surface area (Å²) in [6, 6.07) is 5.61. The van der Waals surface area contributed by atoms with E-state index < -0.39 is 0 Å².